The molecule has 1 aliphatic carbocycles. The van der Waals surface area contributed by atoms with Gasteiger partial charge >= 0.3 is 0 Å². The zero-order valence-corrected chi connectivity index (χ0v) is 15.8. The summed E-state index contributed by atoms with van der Waals surface area (Å²) in [4.78, 5) is 19.5. The third-order valence-corrected chi connectivity index (χ3v) is 6.14. The molecule has 28 heavy (non-hydrogen) atoms. The number of hydrogen-bond donors (Lipinski definition) is 0. The molecule has 5 rings (SSSR count). The smallest absolute Gasteiger partial charge is 0.247 e. The van der Waals surface area contributed by atoms with E-state index in [2.05, 4.69) is 35.2 Å². The highest BCUT2D eigenvalue weighted by Crippen LogP contribution is 2.52. The lowest BCUT2D eigenvalue weighted by molar-refractivity contribution is -0.123. The molecule has 0 aromatic carbocycles. The Balaban J connectivity index is 1.59. The molecule has 1 amide bonds. The molecule has 1 aliphatic heterocycles. The number of nitrogens with zero attached hydrogens (tertiary/aromatic N) is 5. The maximum absolute atomic E-state index is 13.2. The lowest BCUT2D eigenvalue weighted by atomic mass is 9.83. The van der Waals surface area contributed by atoms with E-state index in [0.717, 1.165) is 47.3 Å². The lowest BCUT2D eigenvalue weighted by Crippen LogP contribution is -2.35. The van der Waals surface area contributed by atoms with Gasteiger partial charge in [0.15, 0.2) is 0 Å². The van der Waals surface area contributed by atoms with Crippen LogP contribution >= 0.6 is 0 Å². The van der Waals surface area contributed by atoms with Crippen LogP contribution in [-0.4, -0.2) is 27.0 Å². The van der Waals surface area contributed by atoms with E-state index in [0.29, 0.717) is 13.0 Å². The number of carbonyl (C=O) groups excluding carboxylic acids is 1. The highest BCUT2D eigenvalue weighted by Gasteiger charge is 2.56. The monoisotopic (exact) mass is 371 g/mol. The number of pyridine rings is 1. The van der Waals surface area contributed by atoms with Gasteiger partial charge in [-0.15, -0.1) is 0 Å². The van der Waals surface area contributed by atoms with Crippen molar-refractivity contribution in [3.63, 3.8) is 0 Å². The highest BCUT2D eigenvalue weighted by molar-refractivity contribution is 6.05. The molecule has 1 atom stereocenters. The van der Waals surface area contributed by atoms with Crippen molar-refractivity contribution in [2.75, 3.05) is 11.4 Å². The van der Waals surface area contributed by atoms with Crippen molar-refractivity contribution in [1.29, 1.82) is 5.26 Å². The van der Waals surface area contributed by atoms with Gasteiger partial charge in [-0.3, -0.25) is 9.78 Å². The number of hydrogen-bond acceptors (Lipinski definition) is 4. The molecule has 1 saturated heterocycles. The largest absolute Gasteiger partial charge is 0.309 e. The van der Waals surface area contributed by atoms with Crippen LogP contribution < -0.4 is 4.90 Å². The molecule has 0 spiro atoms. The summed E-state index contributed by atoms with van der Waals surface area (Å²) in [5.74, 6) is 0.168. The quantitative estimate of drug-likeness (QED) is 0.702. The molecular weight excluding hydrogens is 350 g/mol. The molecule has 0 N–H and O–H groups in total. The van der Waals surface area contributed by atoms with E-state index < -0.39 is 5.41 Å². The highest BCUT2D eigenvalue weighted by atomic mass is 16.2. The van der Waals surface area contributed by atoms with Gasteiger partial charge in [-0.05, 0) is 49.8 Å². The number of aromatic nitrogens is 3. The van der Waals surface area contributed by atoms with Gasteiger partial charge in [0, 0.05) is 42.0 Å². The molecule has 4 heterocycles. The minimum Gasteiger partial charge on any atom is -0.309 e. The van der Waals surface area contributed by atoms with Crippen molar-refractivity contribution >= 4 is 17.1 Å². The molecule has 2 aliphatic rings. The number of anilines is 1. The van der Waals surface area contributed by atoms with Crippen molar-refractivity contribution in [1.82, 2.24) is 14.6 Å². The van der Waals surface area contributed by atoms with Crippen LogP contribution in [0.3, 0.4) is 0 Å². The van der Waals surface area contributed by atoms with E-state index >= 15 is 0 Å². The molecule has 6 heteroatoms. The van der Waals surface area contributed by atoms with E-state index in [4.69, 9.17) is 0 Å². The Hall–Kier alpha value is -3.20. The van der Waals surface area contributed by atoms with E-state index in [1.54, 1.807) is 11.1 Å². The average molecular weight is 371 g/mol. The fourth-order valence-electron chi connectivity index (χ4n) is 4.48. The summed E-state index contributed by atoms with van der Waals surface area (Å²) in [6.07, 6.45) is 8.92. The van der Waals surface area contributed by atoms with Crippen LogP contribution in [0.25, 0.3) is 16.6 Å². The van der Waals surface area contributed by atoms with Gasteiger partial charge in [-0.25, -0.2) is 4.52 Å². The summed E-state index contributed by atoms with van der Waals surface area (Å²) in [6.45, 7) is 2.67. The zero-order valence-electron chi connectivity index (χ0n) is 15.8. The normalized spacial score (nSPS) is 22.0. The molecule has 3 aromatic rings. The van der Waals surface area contributed by atoms with E-state index in [9.17, 15) is 10.1 Å². The summed E-state index contributed by atoms with van der Waals surface area (Å²) in [7, 11) is 0. The molecule has 1 saturated carbocycles. The number of nitriles is 1. The van der Waals surface area contributed by atoms with Gasteiger partial charge in [0.25, 0.3) is 0 Å². The minimum atomic E-state index is -0.839. The Morgan fingerprint density at radius 1 is 1.32 bits per heavy atom. The molecule has 3 aromatic heterocycles. The van der Waals surface area contributed by atoms with Gasteiger partial charge < -0.3 is 4.90 Å². The number of carbonyl (C=O) groups is 1. The number of fused-ring (bicyclic) bond motifs is 1. The lowest BCUT2D eigenvalue weighted by Gasteiger charge is -2.21. The van der Waals surface area contributed by atoms with Gasteiger partial charge in [-0.1, -0.05) is 13.0 Å². The fourth-order valence-corrected chi connectivity index (χ4v) is 4.48. The standard InChI is InChI=1S/C22H21N5O/c1-2-18-17(4-3-9-24-18)15-12-20-19(7-10-25-27(20)13-15)26-11-8-22(14-23,21(26)28)16-5-6-16/h3-4,7,9-10,12-13,16H,2,5-6,8,11H2,1H3/t22-/m1/s1. The topological polar surface area (TPSA) is 74.3 Å². The summed E-state index contributed by atoms with van der Waals surface area (Å²) >= 11 is 0. The third-order valence-electron chi connectivity index (χ3n) is 6.14. The Bertz CT molecular complexity index is 1120. The first-order valence-electron chi connectivity index (χ1n) is 9.83. The second kappa shape index (κ2) is 6.16. The van der Waals surface area contributed by atoms with Gasteiger partial charge in [0.05, 0.1) is 17.3 Å². The molecule has 2 fully saturated rings. The first kappa shape index (κ1) is 16.9. The predicted molar refractivity (Wildman–Crippen MR) is 106 cm³/mol. The predicted octanol–water partition coefficient (Wildman–Crippen LogP) is 3.62. The van der Waals surface area contributed by atoms with Gasteiger partial charge in [-0.2, -0.15) is 10.4 Å². The van der Waals surface area contributed by atoms with Crippen LogP contribution in [0.2, 0.25) is 0 Å². The van der Waals surface area contributed by atoms with Crippen LogP contribution in [0.5, 0.6) is 0 Å². The molecule has 140 valence electrons. The summed E-state index contributed by atoms with van der Waals surface area (Å²) in [6, 6.07) is 10.3. The SMILES string of the molecule is CCc1ncccc1-c1cc2c(N3CC[C@@](C#N)(C4CC4)C3=O)ccnn2c1. The van der Waals surface area contributed by atoms with Crippen LogP contribution in [0, 0.1) is 22.7 Å². The van der Waals surface area contributed by atoms with Gasteiger partial charge in [0.2, 0.25) is 5.91 Å². The molecule has 0 bridgehead atoms. The second-order valence-corrected chi connectivity index (χ2v) is 7.69. The van der Waals surface area contributed by atoms with E-state index in [1.807, 2.05) is 29.0 Å². The first-order valence-corrected chi connectivity index (χ1v) is 9.83. The van der Waals surface area contributed by atoms with Crippen LogP contribution in [0.1, 0.15) is 31.9 Å². The van der Waals surface area contributed by atoms with Crippen molar-refractivity contribution in [3.8, 4) is 17.2 Å². The maximum atomic E-state index is 13.2. The zero-order chi connectivity index (χ0) is 19.3. The minimum absolute atomic E-state index is 0.0519. The Labute approximate surface area is 163 Å². The fraction of sp³-hybridized carbons (Fsp3) is 0.364. The average Bonchev–Trinajstić information content (AvgIpc) is 3.40. The Morgan fingerprint density at radius 3 is 2.93 bits per heavy atom. The first-order chi connectivity index (χ1) is 13.7. The second-order valence-electron chi connectivity index (χ2n) is 7.69. The Morgan fingerprint density at radius 2 is 2.18 bits per heavy atom. The third kappa shape index (κ3) is 2.36. The van der Waals surface area contributed by atoms with Crippen LogP contribution in [0.15, 0.2) is 42.9 Å². The summed E-state index contributed by atoms with van der Waals surface area (Å²) in [5, 5.41) is 14.2. The number of aryl methyl sites for hydroxylation is 1. The molecule has 0 radical (unpaired) electrons. The summed E-state index contributed by atoms with van der Waals surface area (Å²) in [5.41, 5.74) is 4.01. The van der Waals surface area contributed by atoms with Crippen molar-refractivity contribution in [2.45, 2.75) is 32.6 Å². The number of rotatable bonds is 4. The molecule has 0 unspecified atom stereocenters. The van der Waals surface area contributed by atoms with Gasteiger partial charge in [0.1, 0.15) is 5.41 Å². The maximum Gasteiger partial charge on any atom is 0.247 e. The summed E-state index contributed by atoms with van der Waals surface area (Å²) < 4.78 is 1.81. The van der Waals surface area contributed by atoms with E-state index in [-0.39, 0.29) is 11.8 Å². The van der Waals surface area contributed by atoms with Crippen molar-refractivity contribution in [2.24, 2.45) is 11.3 Å². The molecule has 6 nitrogen and oxygen atoms in total. The van der Waals surface area contributed by atoms with Crippen molar-refractivity contribution in [3.05, 3.63) is 48.5 Å². The van der Waals surface area contributed by atoms with Crippen LogP contribution in [-0.2, 0) is 11.2 Å². The molecular formula is C22H21N5O. The van der Waals surface area contributed by atoms with Crippen LogP contribution in [0.4, 0.5) is 5.69 Å². The Kier molecular flexibility index (Phi) is 3.73. The van der Waals surface area contributed by atoms with Crippen molar-refractivity contribution < 1.29 is 4.79 Å². The number of amides is 1. The van der Waals surface area contributed by atoms with E-state index in [1.165, 1.54) is 0 Å².